The fourth-order valence-electron chi connectivity index (χ4n) is 3.26. The van der Waals surface area contributed by atoms with Crippen LogP contribution in [0.5, 0.6) is 0 Å². The molecule has 0 aromatic carbocycles. The smallest absolute Gasteiger partial charge is 0.239 e. The summed E-state index contributed by atoms with van der Waals surface area (Å²) in [6, 6.07) is 0.407. The van der Waals surface area contributed by atoms with Gasteiger partial charge in [0.1, 0.15) is 0 Å². The monoisotopic (exact) mass is 265 g/mol. The average molecular weight is 265 g/mol. The highest BCUT2D eigenvalue weighted by atomic mass is 16.2. The fourth-order valence-corrected chi connectivity index (χ4v) is 3.26. The van der Waals surface area contributed by atoms with E-state index in [2.05, 4.69) is 10.6 Å². The standard InChI is InChI=1S/C14H23N3O2/c18-13-9-17(12-4-2-1-3-11(12)16-13)14(19)8-15-7-10-5-6-10/h10-12,15H,1-9H2,(H,16,18). The number of amides is 2. The summed E-state index contributed by atoms with van der Waals surface area (Å²) in [5.74, 6) is 0.867. The molecule has 0 bridgehead atoms. The average Bonchev–Trinajstić information content (AvgIpc) is 3.21. The Kier molecular flexibility index (Phi) is 3.73. The SMILES string of the molecule is O=C1CN(C(=O)CNCC2CC2)C2CCCCC2N1. The summed E-state index contributed by atoms with van der Waals surface area (Å²) in [7, 11) is 0. The van der Waals surface area contributed by atoms with E-state index >= 15 is 0 Å². The van der Waals surface area contributed by atoms with Crippen LogP contribution < -0.4 is 10.6 Å². The van der Waals surface area contributed by atoms with Crippen LogP contribution >= 0.6 is 0 Å². The predicted molar refractivity (Wildman–Crippen MR) is 71.5 cm³/mol. The Morgan fingerprint density at radius 1 is 1.26 bits per heavy atom. The molecule has 2 amide bonds. The van der Waals surface area contributed by atoms with Crippen LogP contribution in [0.3, 0.4) is 0 Å². The van der Waals surface area contributed by atoms with E-state index in [1.54, 1.807) is 0 Å². The number of nitrogens with one attached hydrogen (secondary N) is 2. The van der Waals surface area contributed by atoms with Gasteiger partial charge in [0.2, 0.25) is 11.8 Å². The van der Waals surface area contributed by atoms with Gasteiger partial charge in [0, 0.05) is 6.04 Å². The maximum absolute atomic E-state index is 12.3. The van der Waals surface area contributed by atoms with E-state index in [0.717, 1.165) is 38.1 Å². The minimum absolute atomic E-state index is 0.00121. The van der Waals surface area contributed by atoms with Crippen LogP contribution in [-0.4, -0.2) is 48.4 Å². The molecule has 0 aromatic rings. The maximum atomic E-state index is 12.3. The third kappa shape index (κ3) is 3.08. The predicted octanol–water partition coefficient (Wildman–Crippen LogP) is 0.256. The molecule has 2 saturated carbocycles. The van der Waals surface area contributed by atoms with Crippen molar-refractivity contribution in [1.82, 2.24) is 15.5 Å². The van der Waals surface area contributed by atoms with Gasteiger partial charge in [-0.1, -0.05) is 12.8 Å². The Hall–Kier alpha value is -1.10. The van der Waals surface area contributed by atoms with Crippen molar-refractivity contribution >= 4 is 11.8 Å². The van der Waals surface area contributed by atoms with E-state index in [1.807, 2.05) is 4.90 Å². The third-order valence-corrected chi connectivity index (χ3v) is 4.52. The molecule has 2 aliphatic carbocycles. The quantitative estimate of drug-likeness (QED) is 0.766. The van der Waals surface area contributed by atoms with Gasteiger partial charge in [0.05, 0.1) is 19.1 Å². The van der Waals surface area contributed by atoms with E-state index < -0.39 is 0 Å². The van der Waals surface area contributed by atoms with Crippen LogP contribution in [0.4, 0.5) is 0 Å². The van der Waals surface area contributed by atoms with Crippen molar-refractivity contribution in [2.45, 2.75) is 50.6 Å². The van der Waals surface area contributed by atoms with Crippen LogP contribution in [0.2, 0.25) is 0 Å². The molecule has 5 nitrogen and oxygen atoms in total. The van der Waals surface area contributed by atoms with Gasteiger partial charge in [-0.25, -0.2) is 0 Å². The van der Waals surface area contributed by atoms with Crippen LogP contribution in [-0.2, 0) is 9.59 Å². The lowest BCUT2D eigenvalue weighted by Crippen LogP contribution is -2.63. The topological polar surface area (TPSA) is 61.4 Å². The molecule has 2 unspecified atom stereocenters. The van der Waals surface area contributed by atoms with Crippen molar-refractivity contribution in [2.75, 3.05) is 19.6 Å². The second kappa shape index (κ2) is 5.49. The molecule has 2 N–H and O–H groups in total. The van der Waals surface area contributed by atoms with Crippen molar-refractivity contribution in [3.8, 4) is 0 Å². The summed E-state index contributed by atoms with van der Waals surface area (Å²) in [6.45, 7) is 1.57. The molecule has 1 saturated heterocycles. The largest absolute Gasteiger partial charge is 0.350 e. The van der Waals surface area contributed by atoms with Crippen molar-refractivity contribution < 1.29 is 9.59 Å². The first-order chi connectivity index (χ1) is 9.24. The number of nitrogens with zero attached hydrogens (tertiary/aromatic N) is 1. The van der Waals surface area contributed by atoms with Gasteiger partial charge in [0.15, 0.2) is 0 Å². The molecule has 19 heavy (non-hydrogen) atoms. The van der Waals surface area contributed by atoms with Gasteiger partial charge < -0.3 is 15.5 Å². The van der Waals surface area contributed by atoms with Gasteiger partial charge >= 0.3 is 0 Å². The van der Waals surface area contributed by atoms with Crippen molar-refractivity contribution in [3.63, 3.8) is 0 Å². The summed E-state index contributed by atoms with van der Waals surface area (Å²) in [5, 5.41) is 6.27. The van der Waals surface area contributed by atoms with E-state index in [0.29, 0.717) is 6.54 Å². The van der Waals surface area contributed by atoms with Gasteiger partial charge in [-0.15, -0.1) is 0 Å². The molecule has 1 aliphatic heterocycles. The lowest BCUT2D eigenvalue weighted by atomic mass is 9.87. The Morgan fingerprint density at radius 3 is 2.84 bits per heavy atom. The summed E-state index contributed by atoms with van der Waals surface area (Å²) in [4.78, 5) is 25.8. The molecular weight excluding hydrogens is 242 g/mol. The van der Waals surface area contributed by atoms with Gasteiger partial charge in [-0.2, -0.15) is 0 Å². The molecule has 106 valence electrons. The van der Waals surface area contributed by atoms with Gasteiger partial charge in [-0.05, 0) is 38.1 Å². The molecule has 0 radical (unpaired) electrons. The van der Waals surface area contributed by atoms with Crippen molar-refractivity contribution in [3.05, 3.63) is 0 Å². The Balaban J connectivity index is 1.56. The molecule has 3 aliphatic rings. The Bertz CT molecular complexity index is 368. The van der Waals surface area contributed by atoms with Crippen molar-refractivity contribution in [2.24, 2.45) is 5.92 Å². The van der Waals surface area contributed by atoms with Crippen LogP contribution in [0, 0.1) is 5.92 Å². The highest BCUT2D eigenvalue weighted by Crippen LogP contribution is 2.28. The number of carbonyl (C=O) groups excluding carboxylic acids is 2. The Morgan fingerprint density at radius 2 is 2.05 bits per heavy atom. The number of hydrogen-bond donors (Lipinski definition) is 2. The maximum Gasteiger partial charge on any atom is 0.239 e. The molecule has 2 atom stereocenters. The number of carbonyl (C=O) groups is 2. The lowest BCUT2D eigenvalue weighted by molar-refractivity contribution is -0.143. The van der Waals surface area contributed by atoms with Crippen LogP contribution in [0.25, 0.3) is 0 Å². The van der Waals surface area contributed by atoms with Crippen LogP contribution in [0.1, 0.15) is 38.5 Å². The lowest BCUT2D eigenvalue weighted by Gasteiger charge is -2.44. The van der Waals surface area contributed by atoms with Crippen LogP contribution in [0.15, 0.2) is 0 Å². The molecule has 5 heteroatoms. The van der Waals surface area contributed by atoms with Crippen molar-refractivity contribution in [1.29, 1.82) is 0 Å². The Labute approximate surface area is 114 Å². The first-order valence-electron chi connectivity index (χ1n) is 7.53. The minimum atomic E-state index is -0.00121. The summed E-state index contributed by atoms with van der Waals surface area (Å²) >= 11 is 0. The van der Waals surface area contributed by atoms with E-state index in [9.17, 15) is 9.59 Å². The second-order valence-corrected chi connectivity index (χ2v) is 6.12. The second-order valence-electron chi connectivity index (χ2n) is 6.12. The number of fused-ring (bicyclic) bond motifs is 1. The summed E-state index contributed by atoms with van der Waals surface area (Å²) in [6.07, 6.45) is 6.94. The normalized spacial score (nSPS) is 30.7. The molecule has 0 aromatic heterocycles. The molecule has 1 heterocycles. The molecule has 0 spiro atoms. The van der Waals surface area contributed by atoms with E-state index in [4.69, 9.17) is 0 Å². The zero-order chi connectivity index (χ0) is 13.2. The highest BCUT2D eigenvalue weighted by molar-refractivity contribution is 5.87. The molecule has 3 fully saturated rings. The minimum Gasteiger partial charge on any atom is -0.350 e. The van der Waals surface area contributed by atoms with Gasteiger partial charge in [0.25, 0.3) is 0 Å². The fraction of sp³-hybridized carbons (Fsp3) is 0.857. The summed E-state index contributed by atoms with van der Waals surface area (Å²) in [5.41, 5.74) is 0. The zero-order valence-corrected chi connectivity index (χ0v) is 11.4. The number of hydrogen-bond acceptors (Lipinski definition) is 3. The first kappa shape index (κ1) is 12.9. The zero-order valence-electron chi connectivity index (χ0n) is 11.4. The summed E-state index contributed by atoms with van der Waals surface area (Å²) < 4.78 is 0. The first-order valence-corrected chi connectivity index (χ1v) is 7.53. The molecule has 3 rings (SSSR count). The highest BCUT2D eigenvalue weighted by Gasteiger charge is 2.38. The van der Waals surface area contributed by atoms with E-state index in [-0.39, 0.29) is 30.4 Å². The van der Waals surface area contributed by atoms with E-state index in [1.165, 1.54) is 12.8 Å². The number of piperazine rings is 1. The molecular formula is C14H23N3O2. The third-order valence-electron chi connectivity index (χ3n) is 4.52. The number of rotatable bonds is 4. The van der Waals surface area contributed by atoms with Gasteiger partial charge in [-0.3, -0.25) is 9.59 Å².